The summed E-state index contributed by atoms with van der Waals surface area (Å²) < 4.78 is 11.4. The Bertz CT molecular complexity index is 1150. The molecule has 2 aromatic carbocycles. The van der Waals surface area contributed by atoms with E-state index >= 15 is 0 Å². The normalized spacial score (nSPS) is 14.5. The molecule has 1 saturated heterocycles. The Kier molecular flexibility index (Phi) is 7.27. The van der Waals surface area contributed by atoms with E-state index in [-0.39, 0.29) is 12.5 Å². The molecule has 2 heterocycles. The maximum atomic E-state index is 13.2. The van der Waals surface area contributed by atoms with Crippen LogP contribution in [0.4, 0.5) is 0 Å². The van der Waals surface area contributed by atoms with Crippen molar-refractivity contribution >= 4 is 29.1 Å². The van der Waals surface area contributed by atoms with Crippen LogP contribution in [0.3, 0.4) is 0 Å². The molecule has 1 aliphatic heterocycles. The van der Waals surface area contributed by atoms with Crippen LogP contribution in [0.2, 0.25) is 10.0 Å². The van der Waals surface area contributed by atoms with Crippen molar-refractivity contribution in [2.45, 2.75) is 33.9 Å². The van der Waals surface area contributed by atoms with Gasteiger partial charge in [-0.3, -0.25) is 9.69 Å². The van der Waals surface area contributed by atoms with Crippen LogP contribution in [0.15, 0.2) is 40.9 Å². The summed E-state index contributed by atoms with van der Waals surface area (Å²) in [5.41, 5.74) is 4.36. The standard InChI is InChI=1S/C25H27Cl2N3O3/c1-16-5-4-6-23(17(16)2)32-15-20-18(3)33-28-24(20)25(31)30-11-9-29(10-12-30)14-19-7-8-21(26)22(27)13-19/h4-8,13H,9-12,14-15H2,1-3H3. The molecule has 0 bridgehead atoms. The first-order valence-electron chi connectivity index (χ1n) is 10.9. The number of rotatable bonds is 6. The average molecular weight is 488 g/mol. The fourth-order valence-electron chi connectivity index (χ4n) is 3.91. The number of nitrogens with zero attached hydrogens (tertiary/aromatic N) is 3. The minimum atomic E-state index is -0.124. The van der Waals surface area contributed by atoms with Crippen LogP contribution in [-0.2, 0) is 13.2 Å². The van der Waals surface area contributed by atoms with Crippen molar-refractivity contribution in [1.29, 1.82) is 0 Å². The highest BCUT2D eigenvalue weighted by molar-refractivity contribution is 6.42. The van der Waals surface area contributed by atoms with Crippen molar-refractivity contribution < 1.29 is 14.1 Å². The summed E-state index contributed by atoms with van der Waals surface area (Å²) in [7, 11) is 0. The minimum Gasteiger partial charge on any atom is -0.488 e. The molecular formula is C25H27Cl2N3O3. The summed E-state index contributed by atoms with van der Waals surface area (Å²) in [6, 6.07) is 11.6. The molecule has 0 N–H and O–H groups in total. The number of amides is 1. The van der Waals surface area contributed by atoms with Gasteiger partial charge in [0.2, 0.25) is 0 Å². The van der Waals surface area contributed by atoms with E-state index in [9.17, 15) is 4.79 Å². The van der Waals surface area contributed by atoms with Gasteiger partial charge in [0, 0.05) is 32.7 Å². The highest BCUT2D eigenvalue weighted by atomic mass is 35.5. The van der Waals surface area contributed by atoms with Gasteiger partial charge in [-0.15, -0.1) is 0 Å². The molecule has 33 heavy (non-hydrogen) atoms. The highest BCUT2D eigenvalue weighted by Gasteiger charge is 2.28. The first-order chi connectivity index (χ1) is 15.8. The van der Waals surface area contributed by atoms with E-state index in [1.165, 1.54) is 0 Å². The Balaban J connectivity index is 1.38. The van der Waals surface area contributed by atoms with Gasteiger partial charge in [-0.1, -0.05) is 46.6 Å². The molecule has 174 valence electrons. The van der Waals surface area contributed by atoms with E-state index in [0.717, 1.165) is 42.1 Å². The number of hydrogen-bond acceptors (Lipinski definition) is 5. The Hall–Kier alpha value is -2.54. The van der Waals surface area contributed by atoms with E-state index in [1.54, 1.807) is 6.92 Å². The maximum Gasteiger partial charge on any atom is 0.276 e. The molecule has 4 rings (SSSR count). The number of halogens is 2. The summed E-state index contributed by atoms with van der Waals surface area (Å²) in [6.45, 7) is 9.62. The monoisotopic (exact) mass is 487 g/mol. The zero-order valence-electron chi connectivity index (χ0n) is 19.0. The first kappa shape index (κ1) is 23.6. The quantitative estimate of drug-likeness (QED) is 0.462. The third-order valence-corrected chi connectivity index (χ3v) is 6.90. The summed E-state index contributed by atoms with van der Waals surface area (Å²) in [5, 5.41) is 5.17. The third kappa shape index (κ3) is 5.35. The van der Waals surface area contributed by atoms with Crippen molar-refractivity contribution in [2.75, 3.05) is 26.2 Å². The van der Waals surface area contributed by atoms with Gasteiger partial charge in [0.25, 0.3) is 5.91 Å². The van der Waals surface area contributed by atoms with Crippen LogP contribution in [0.25, 0.3) is 0 Å². The van der Waals surface area contributed by atoms with E-state index < -0.39 is 0 Å². The number of aromatic nitrogens is 1. The molecule has 1 aliphatic rings. The fourth-order valence-corrected chi connectivity index (χ4v) is 4.24. The van der Waals surface area contributed by atoms with Gasteiger partial charge in [-0.2, -0.15) is 0 Å². The molecule has 3 aromatic rings. The average Bonchev–Trinajstić information content (AvgIpc) is 3.17. The van der Waals surface area contributed by atoms with Gasteiger partial charge < -0.3 is 14.2 Å². The van der Waals surface area contributed by atoms with Crippen LogP contribution in [-0.4, -0.2) is 47.0 Å². The van der Waals surface area contributed by atoms with Crippen molar-refractivity contribution in [1.82, 2.24) is 15.0 Å². The number of aryl methyl sites for hydroxylation is 2. The Labute approximate surface area is 204 Å². The molecule has 1 amide bonds. The van der Waals surface area contributed by atoms with Gasteiger partial charge in [0.15, 0.2) is 5.69 Å². The molecule has 1 fully saturated rings. The molecule has 0 aliphatic carbocycles. The van der Waals surface area contributed by atoms with Crippen LogP contribution < -0.4 is 4.74 Å². The Morgan fingerprint density at radius 1 is 1.06 bits per heavy atom. The fraction of sp³-hybridized carbons (Fsp3) is 0.360. The van der Waals surface area contributed by atoms with E-state index in [0.29, 0.717) is 40.2 Å². The second-order valence-corrected chi connectivity index (χ2v) is 9.18. The second-order valence-electron chi connectivity index (χ2n) is 8.37. The van der Waals surface area contributed by atoms with Crippen LogP contribution in [0, 0.1) is 20.8 Å². The molecule has 0 radical (unpaired) electrons. The van der Waals surface area contributed by atoms with Crippen LogP contribution >= 0.6 is 23.2 Å². The van der Waals surface area contributed by atoms with Gasteiger partial charge in [0.1, 0.15) is 18.1 Å². The van der Waals surface area contributed by atoms with Gasteiger partial charge in [-0.25, -0.2) is 0 Å². The van der Waals surface area contributed by atoms with Crippen molar-refractivity contribution in [2.24, 2.45) is 0 Å². The number of ether oxygens (including phenoxy) is 1. The van der Waals surface area contributed by atoms with Crippen molar-refractivity contribution in [3.63, 3.8) is 0 Å². The molecule has 0 saturated carbocycles. The van der Waals surface area contributed by atoms with Gasteiger partial charge in [-0.05, 0) is 55.7 Å². The molecule has 0 unspecified atom stereocenters. The lowest BCUT2D eigenvalue weighted by Gasteiger charge is -2.34. The summed E-state index contributed by atoms with van der Waals surface area (Å²) in [6.07, 6.45) is 0. The lowest BCUT2D eigenvalue weighted by Crippen LogP contribution is -2.48. The zero-order valence-corrected chi connectivity index (χ0v) is 20.5. The third-order valence-electron chi connectivity index (χ3n) is 6.16. The zero-order chi connectivity index (χ0) is 23.5. The number of carbonyl (C=O) groups is 1. The Morgan fingerprint density at radius 3 is 2.55 bits per heavy atom. The molecule has 0 atom stereocenters. The molecule has 0 spiro atoms. The Morgan fingerprint density at radius 2 is 1.82 bits per heavy atom. The van der Waals surface area contributed by atoms with Crippen LogP contribution in [0.1, 0.15) is 38.5 Å². The smallest absolute Gasteiger partial charge is 0.276 e. The number of carbonyl (C=O) groups excluding carboxylic acids is 1. The molecular weight excluding hydrogens is 461 g/mol. The van der Waals surface area contributed by atoms with E-state index in [4.69, 9.17) is 32.5 Å². The topological polar surface area (TPSA) is 58.8 Å². The molecule has 6 nitrogen and oxygen atoms in total. The van der Waals surface area contributed by atoms with Crippen molar-refractivity contribution in [3.05, 3.63) is 80.2 Å². The van der Waals surface area contributed by atoms with Crippen LogP contribution in [0.5, 0.6) is 5.75 Å². The van der Waals surface area contributed by atoms with Gasteiger partial charge >= 0.3 is 0 Å². The minimum absolute atomic E-state index is 0.124. The number of hydrogen-bond donors (Lipinski definition) is 0. The summed E-state index contributed by atoms with van der Waals surface area (Å²) in [4.78, 5) is 17.3. The SMILES string of the molecule is Cc1cccc(OCc2c(C(=O)N3CCN(Cc4ccc(Cl)c(Cl)c4)CC3)noc2C)c1C. The number of piperazine rings is 1. The highest BCUT2D eigenvalue weighted by Crippen LogP contribution is 2.25. The summed E-state index contributed by atoms with van der Waals surface area (Å²) in [5.74, 6) is 1.27. The maximum absolute atomic E-state index is 13.2. The lowest BCUT2D eigenvalue weighted by atomic mass is 10.1. The lowest BCUT2D eigenvalue weighted by molar-refractivity contribution is 0.0616. The van der Waals surface area contributed by atoms with Gasteiger partial charge in [0.05, 0.1) is 15.6 Å². The summed E-state index contributed by atoms with van der Waals surface area (Å²) >= 11 is 12.1. The molecule has 8 heteroatoms. The van der Waals surface area contributed by atoms with Crippen molar-refractivity contribution in [3.8, 4) is 5.75 Å². The van der Waals surface area contributed by atoms with E-state index in [2.05, 4.69) is 10.1 Å². The predicted molar refractivity (Wildman–Crippen MR) is 129 cm³/mol. The first-order valence-corrected chi connectivity index (χ1v) is 11.7. The predicted octanol–water partition coefficient (Wildman–Crippen LogP) is 5.44. The second kappa shape index (κ2) is 10.2. The largest absolute Gasteiger partial charge is 0.488 e. The number of benzene rings is 2. The molecule has 1 aromatic heterocycles. The van der Waals surface area contributed by atoms with E-state index in [1.807, 2.05) is 55.1 Å².